The highest BCUT2D eigenvalue weighted by molar-refractivity contribution is 6.09. The number of nitrogens with one attached hydrogen (secondary N) is 2. The Kier molecular flexibility index (Phi) is 3.59. The fraction of sp³-hybridized carbons (Fsp3) is 0.667. The third kappa shape index (κ3) is 1.96. The van der Waals surface area contributed by atoms with Crippen molar-refractivity contribution in [3.05, 3.63) is 17.7 Å². The fourth-order valence-electron chi connectivity index (χ4n) is 8.09. The minimum Gasteiger partial charge on any atom is -0.493 e. The van der Waals surface area contributed by atoms with Crippen LogP contribution in [0.4, 0.5) is 5.69 Å². The average molecular weight is 426 g/mol. The SMILES string of the molecule is COc1ccc2c(c1OC)NC(=O)[C@@]21C[C@@]23CN4CCCCC4(CC2C1(C)C)C(=O)N3. The number of fused-ring (bicyclic) bond motifs is 3. The van der Waals surface area contributed by atoms with Gasteiger partial charge in [-0.15, -0.1) is 0 Å². The van der Waals surface area contributed by atoms with E-state index in [2.05, 4.69) is 29.4 Å². The highest BCUT2D eigenvalue weighted by Crippen LogP contribution is 2.70. The van der Waals surface area contributed by atoms with Gasteiger partial charge >= 0.3 is 0 Å². The number of anilines is 1. The number of hydrogen-bond donors (Lipinski definition) is 2. The van der Waals surface area contributed by atoms with Crippen LogP contribution in [0.1, 0.15) is 51.5 Å². The maximum absolute atomic E-state index is 13.8. The van der Waals surface area contributed by atoms with Crippen molar-refractivity contribution in [1.82, 2.24) is 10.2 Å². The van der Waals surface area contributed by atoms with Crippen molar-refractivity contribution >= 4 is 17.5 Å². The molecule has 7 heteroatoms. The van der Waals surface area contributed by atoms with Crippen molar-refractivity contribution in [2.75, 3.05) is 32.6 Å². The van der Waals surface area contributed by atoms with Crippen LogP contribution in [-0.4, -0.2) is 55.1 Å². The molecule has 2 bridgehead atoms. The minimum absolute atomic E-state index is 0.0102. The van der Waals surface area contributed by atoms with Gasteiger partial charge in [-0.2, -0.15) is 0 Å². The number of carbonyl (C=O) groups excluding carboxylic acids is 2. The lowest BCUT2D eigenvalue weighted by atomic mass is 9.56. The quantitative estimate of drug-likeness (QED) is 0.761. The van der Waals surface area contributed by atoms with Gasteiger partial charge in [-0.1, -0.05) is 19.9 Å². The summed E-state index contributed by atoms with van der Waals surface area (Å²) in [7, 11) is 3.21. The molecule has 7 nitrogen and oxygen atoms in total. The van der Waals surface area contributed by atoms with Gasteiger partial charge in [0.2, 0.25) is 11.8 Å². The van der Waals surface area contributed by atoms with E-state index < -0.39 is 11.0 Å². The van der Waals surface area contributed by atoms with Crippen molar-refractivity contribution < 1.29 is 19.1 Å². The number of carbonyl (C=O) groups is 2. The molecule has 3 spiro atoms. The highest BCUT2D eigenvalue weighted by atomic mass is 16.5. The molecule has 2 amide bonds. The molecule has 1 aromatic carbocycles. The molecule has 166 valence electrons. The molecule has 4 atom stereocenters. The van der Waals surface area contributed by atoms with Gasteiger partial charge in [0.25, 0.3) is 0 Å². The Morgan fingerprint density at radius 2 is 1.90 bits per heavy atom. The van der Waals surface area contributed by atoms with Crippen LogP contribution in [0.15, 0.2) is 12.1 Å². The zero-order valence-electron chi connectivity index (χ0n) is 18.8. The number of ether oxygens (including phenoxy) is 2. The van der Waals surface area contributed by atoms with E-state index >= 15 is 0 Å². The number of nitrogens with zero attached hydrogens (tertiary/aromatic N) is 1. The second-order valence-corrected chi connectivity index (χ2v) is 10.8. The second kappa shape index (κ2) is 5.74. The summed E-state index contributed by atoms with van der Waals surface area (Å²) >= 11 is 0. The molecule has 5 aliphatic heterocycles. The first-order valence-electron chi connectivity index (χ1n) is 11.4. The van der Waals surface area contributed by atoms with Gasteiger partial charge in [0, 0.05) is 6.54 Å². The normalized spacial score (nSPS) is 39.5. The topological polar surface area (TPSA) is 79.9 Å². The van der Waals surface area contributed by atoms with Gasteiger partial charge in [0.15, 0.2) is 11.5 Å². The number of rotatable bonds is 2. The van der Waals surface area contributed by atoms with E-state index in [-0.39, 0.29) is 28.7 Å². The summed E-state index contributed by atoms with van der Waals surface area (Å²) in [5.74, 6) is 1.59. The van der Waals surface area contributed by atoms with Crippen LogP contribution in [0.3, 0.4) is 0 Å². The van der Waals surface area contributed by atoms with E-state index in [1.165, 1.54) is 0 Å². The Morgan fingerprint density at radius 1 is 1.10 bits per heavy atom. The standard InChI is InChI=1S/C24H31N3O4/c1-21(2)16-11-23-9-5-6-10-27(23)13-22(16,26-19(23)28)12-24(21)14-7-8-15(30-3)18(31-4)17(14)25-20(24)29/h7-8,16H,5-6,9-13H2,1-4H3,(H,25,29)(H,26,28)/t16?,22-,23?,24-/m1/s1. The smallest absolute Gasteiger partial charge is 0.241 e. The summed E-state index contributed by atoms with van der Waals surface area (Å²) in [6.45, 7) is 6.27. The molecular formula is C24H31N3O4. The summed E-state index contributed by atoms with van der Waals surface area (Å²) in [6, 6.07) is 3.91. The van der Waals surface area contributed by atoms with Gasteiger partial charge in [-0.05, 0) is 61.6 Å². The maximum Gasteiger partial charge on any atom is 0.241 e. The van der Waals surface area contributed by atoms with Crippen LogP contribution in [0.25, 0.3) is 0 Å². The predicted octanol–water partition coefficient (Wildman–Crippen LogP) is 2.44. The van der Waals surface area contributed by atoms with E-state index in [4.69, 9.17) is 9.47 Å². The van der Waals surface area contributed by atoms with E-state index in [0.717, 1.165) is 44.3 Å². The number of methoxy groups -OCH3 is 2. The predicted molar refractivity (Wildman–Crippen MR) is 115 cm³/mol. The van der Waals surface area contributed by atoms with Crippen molar-refractivity contribution in [3.63, 3.8) is 0 Å². The first kappa shape index (κ1) is 19.4. The first-order chi connectivity index (χ1) is 14.8. The summed E-state index contributed by atoms with van der Waals surface area (Å²) in [5, 5.41) is 6.62. The molecule has 5 fully saturated rings. The molecule has 31 heavy (non-hydrogen) atoms. The van der Waals surface area contributed by atoms with Crippen LogP contribution in [0, 0.1) is 11.3 Å². The van der Waals surface area contributed by atoms with Crippen molar-refractivity contribution in [3.8, 4) is 11.5 Å². The van der Waals surface area contributed by atoms with E-state index in [1.807, 2.05) is 12.1 Å². The molecule has 2 unspecified atom stereocenters. The molecule has 1 aromatic rings. The maximum atomic E-state index is 13.8. The number of piperazine rings is 1. The Labute approximate surface area is 182 Å². The van der Waals surface area contributed by atoms with E-state index in [0.29, 0.717) is 23.6 Å². The minimum atomic E-state index is -0.722. The lowest BCUT2D eigenvalue weighted by Gasteiger charge is -2.63. The molecule has 1 saturated carbocycles. The van der Waals surface area contributed by atoms with Crippen LogP contribution < -0.4 is 20.1 Å². The zero-order chi connectivity index (χ0) is 21.8. The van der Waals surface area contributed by atoms with Crippen molar-refractivity contribution in [2.24, 2.45) is 11.3 Å². The van der Waals surface area contributed by atoms with E-state index in [9.17, 15) is 9.59 Å². The average Bonchev–Trinajstić information content (AvgIpc) is 3.14. The van der Waals surface area contributed by atoms with Crippen LogP contribution in [-0.2, 0) is 15.0 Å². The van der Waals surface area contributed by atoms with E-state index in [1.54, 1.807) is 14.2 Å². The fourth-order valence-corrected chi connectivity index (χ4v) is 8.09. The second-order valence-electron chi connectivity index (χ2n) is 10.8. The Morgan fingerprint density at radius 3 is 2.65 bits per heavy atom. The Bertz CT molecular complexity index is 1020. The molecule has 5 heterocycles. The lowest BCUT2D eigenvalue weighted by Crippen LogP contribution is -2.80. The Hall–Kier alpha value is -2.28. The number of hydrogen-bond acceptors (Lipinski definition) is 5. The third-order valence-corrected chi connectivity index (χ3v) is 9.52. The summed E-state index contributed by atoms with van der Waals surface area (Å²) in [4.78, 5) is 29.6. The number of amides is 2. The molecule has 6 aliphatic rings. The first-order valence-corrected chi connectivity index (χ1v) is 11.4. The molecule has 2 N–H and O–H groups in total. The monoisotopic (exact) mass is 425 g/mol. The van der Waals surface area contributed by atoms with Gasteiger partial charge in [-0.3, -0.25) is 14.5 Å². The molecule has 4 saturated heterocycles. The van der Waals surface area contributed by atoms with Crippen LogP contribution in [0.2, 0.25) is 0 Å². The van der Waals surface area contributed by atoms with Crippen molar-refractivity contribution in [1.29, 1.82) is 0 Å². The van der Waals surface area contributed by atoms with Crippen molar-refractivity contribution in [2.45, 2.75) is 62.4 Å². The zero-order valence-corrected chi connectivity index (χ0v) is 18.8. The summed E-state index contributed by atoms with van der Waals surface area (Å²) in [6.07, 6.45) is 4.61. The highest BCUT2D eigenvalue weighted by Gasteiger charge is 2.77. The summed E-state index contributed by atoms with van der Waals surface area (Å²) < 4.78 is 11.1. The third-order valence-electron chi connectivity index (χ3n) is 9.52. The molecular weight excluding hydrogens is 394 g/mol. The van der Waals surface area contributed by atoms with Gasteiger partial charge in [0.05, 0.1) is 30.9 Å². The largest absolute Gasteiger partial charge is 0.493 e. The molecule has 1 aliphatic carbocycles. The number of benzene rings is 1. The number of piperidine rings is 3. The van der Waals surface area contributed by atoms with Crippen LogP contribution in [0.5, 0.6) is 11.5 Å². The molecule has 7 rings (SSSR count). The molecule has 0 aromatic heterocycles. The molecule has 0 radical (unpaired) electrons. The van der Waals surface area contributed by atoms with Gasteiger partial charge in [-0.25, -0.2) is 0 Å². The lowest BCUT2D eigenvalue weighted by molar-refractivity contribution is -0.167. The van der Waals surface area contributed by atoms with Gasteiger partial charge < -0.3 is 20.1 Å². The van der Waals surface area contributed by atoms with Gasteiger partial charge in [0.1, 0.15) is 5.54 Å². The Balaban J connectivity index is 1.54. The summed E-state index contributed by atoms with van der Waals surface area (Å²) in [5.41, 5.74) is -0.148. The van der Waals surface area contributed by atoms with Crippen LogP contribution >= 0.6 is 0 Å².